The van der Waals surface area contributed by atoms with Gasteiger partial charge >= 0.3 is 0 Å². The molecule has 0 bridgehead atoms. The molecule has 0 aliphatic rings. The molecule has 1 aromatic heterocycles. The highest BCUT2D eigenvalue weighted by molar-refractivity contribution is 6.42. The largest absolute Gasteiger partial charge is 0.382 e. The van der Waals surface area contributed by atoms with Gasteiger partial charge in [0.15, 0.2) is 5.69 Å². The minimum Gasteiger partial charge on any atom is -0.382 e. The summed E-state index contributed by atoms with van der Waals surface area (Å²) in [5.74, 6) is 0. The van der Waals surface area contributed by atoms with E-state index in [-0.39, 0.29) is 16.4 Å². The van der Waals surface area contributed by atoms with E-state index in [2.05, 4.69) is 20.5 Å². The maximum Gasteiger partial charge on any atom is 0.276 e. The van der Waals surface area contributed by atoms with Gasteiger partial charge in [-0.05, 0) is 48.0 Å². The second-order valence-corrected chi connectivity index (χ2v) is 7.88. The SMILES string of the molecule is O=c1[nH]c2cc(Cl)ccc2nc1/C(=N/Nc1ccccc1)[C@H](O)c1ccc(Cl)c(Cl)c1. The van der Waals surface area contributed by atoms with Gasteiger partial charge in [-0.3, -0.25) is 10.2 Å². The number of aromatic amines is 1. The molecule has 31 heavy (non-hydrogen) atoms. The number of hydrogen-bond donors (Lipinski definition) is 3. The van der Waals surface area contributed by atoms with Crippen molar-refractivity contribution in [3.63, 3.8) is 0 Å². The Kier molecular flexibility index (Phi) is 6.25. The van der Waals surface area contributed by atoms with Crippen molar-refractivity contribution in [3.8, 4) is 0 Å². The summed E-state index contributed by atoms with van der Waals surface area (Å²) in [7, 11) is 0. The summed E-state index contributed by atoms with van der Waals surface area (Å²) in [6, 6.07) is 18.7. The first-order valence-corrected chi connectivity index (χ1v) is 10.3. The van der Waals surface area contributed by atoms with Crippen molar-refractivity contribution < 1.29 is 5.11 Å². The normalized spacial score (nSPS) is 12.7. The molecule has 0 saturated heterocycles. The number of fused-ring (bicyclic) bond motifs is 1. The highest BCUT2D eigenvalue weighted by Crippen LogP contribution is 2.27. The zero-order chi connectivity index (χ0) is 22.0. The summed E-state index contributed by atoms with van der Waals surface area (Å²) in [4.78, 5) is 20.0. The van der Waals surface area contributed by atoms with E-state index in [9.17, 15) is 9.90 Å². The zero-order valence-corrected chi connectivity index (χ0v) is 18.1. The fourth-order valence-corrected chi connectivity index (χ4v) is 3.43. The van der Waals surface area contributed by atoms with E-state index in [4.69, 9.17) is 34.8 Å². The van der Waals surface area contributed by atoms with E-state index in [1.807, 2.05) is 18.2 Å². The third-order valence-electron chi connectivity index (χ3n) is 4.49. The van der Waals surface area contributed by atoms with Crippen LogP contribution in [0.15, 0.2) is 76.6 Å². The number of hydrazone groups is 1. The van der Waals surface area contributed by atoms with Crippen LogP contribution in [0.3, 0.4) is 0 Å². The minimum atomic E-state index is -1.30. The highest BCUT2D eigenvalue weighted by Gasteiger charge is 2.23. The predicted octanol–water partition coefficient (Wildman–Crippen LogP) is 5.43. The van der Waals surface area contributed by atoms with E-state index in [1.54, 1.807) is 42.5 Å². The van der Waals surface area contributed by atoms with Gasteiger partial charge in [0.25, 0.3) is 5.56 Å². The third-order valence-corrected chi connectivity index (χ3v) is 5.47. The van der Waals surface area contributed by atoms with E-state index >= 15 is 0 Å². The molecule has 1 atom stereocenters. The average molecular weight is 474 g/mol. The molecular weight excluding hydrogens is 459 g/mol. The first-order valence-electron chi connectivity index (χ1n) is 9.14. The Morgan fingerprint density at radius 1 is 1.00 bits per heavy atom. The number of benzene rings is 3. The Labute approximate surface area is 192 Å². The maximum atomic E-state index is 12.8. The predicted molar refractivity (Wildman–Crippen MR) is 125 cm³/mol. The maximum absolute atomic E-state index is 12.8. The van der Waals surface area contributed by atoms with Gasteiger partial charge < -0.3 is 10.1 Å². The number of anilines is 1. The van der Waals surface area contributed by atoms with Crippen molar-refractivity contribution in [3.05, 3.63) is 103 Å². The second kappa shape index (κ2) is 9.08. The fraction of sp³-hybridized carbons (Fsp3) is 0.0455. The summed E-state index contributed by atoms with van der Waals surface area (Å²) in [6.07, 6.45) is -1.30. The summed E-state index contributed by atoms with van der Waals surface area (Å²) in [6.45, 7) is 0. The molecule has 4 rings (SSSR count). The molecule has 9 heteroatoms. The fourth-order valence-electron chi connectivity index (χ4n) is 2.95. The van der Waals surface area contributed by atoms with Crippen molar-refractivity contribution in [2.45, 2.75) is 6.10 Å². The number of aliphatic hydroxyl groups excluding tert-OH is 1. The van der Waals surface area contributed by atoms with Crippen molar-refractivity contribution >= 4 is 57.2 Å². The van der Waals surface area contributed by atoms with E-state index < -0.39 is 11.7 Å². The summed E-state index contributed by atoms with van der Waals surface area (Å²) < 4.78 is 0. The van der Waals surface area contributed by atoms with Gasteiger partial charge in [-0.1, -0.05) is 59.1 Å². The van der Waals surface area contributed by atoms with Gasteiger partial charge in [0.1, 0.15) is 11.8 Å². The monoisotopic (exact) mass is 472 g/mol. The van der Waals surface area contributed by atoms with Crippen LogP contribution in [0.25, 0.3) is 11.0 Å². The quantitative estimate of drug-likeness (QED) is 0.266. The standard InChI is InChI=1S/C22H15Cl3N4O2/c23-13-7-9-17-18(11-13)27-22(31)20(26-17)19(29-28-14-4-2-1-3-5-14)21(30)12-6-8-15(24)16(25)10-12/h1-11,21,28,30H,(H,27,31)/b29-19-/t21-/m1/s1. The van der Waals surface area contributed by atoms with Crippen LogP contribution in [0.1, 0.15) is 17.4 Å². The molecule has 156 valence electrons. The van der Waals surface area contributed by atoms with Crippen molar-refractivity contribution in [2.75, 3.05) is 5.43 Å². The number of rotatable bonds is 5. The van der Waals surface area contributed by atoms with Crippen LogP contribution in [0.2, 0.25) is 15.1 Å². The van der Waals surface area contributed by atoms with Gasteiger partial charge in [-0.25, -0.2) is 4.98 Å². The second-order valence-electron chi connectivity index (χ2n) is 6.63. The van der Waals surface area contributed by atoms with Crippen LogP contribution in [0.4, 0.5) is 5.69 Å². The van der Waals surface area contributed by atoms with E-state index in [0.717, 1.165) is 0 Å². The molecule has 0 amide bonds. The van der Waals surface area contributed by atoms with Crippen LogP contribution < -0.4 is 11.0 Å². The van der Waals surface area contributed by atoms with Crippen LogP contribution in [0, 0.1) is 0 Å². The van der Waals surface area contributed by atoms with Crippen molar-refractivity contribution in [1.29, 1.82) is 0 Å². The van der Waals surface area contributed by atoms with E-state index in [1.165, 1.54) is 6.07 Å². The summed E-state index contributed by atoms with van der Waals surface area (Å²) >= 11 is 18.1. The molecular formula is C22H15Cl3N4O2. The van der Waals surface area contributed by atoms with Gasteiger partial charge in [0.05, 0.1) is 26.8 Å². The Morgan fingerprint density at radius 3 is 2.52 bits per heavy atom. The number of H-pyrrole nitrogens is 1. The molecule has 1 heterocycles. The Hall–Kier alpha value is -2.90. The van der Waals surface area contributed by atoms with Crippen molar-refractivity contribution in [2.24, 2.45) is 5.10 Å². The minimum absolute atomic E-state index is 0.0142. The number of para-hydroxylation sites is 1. The third kappa shape index (κ3) is 4.73. The number of aromatic nitrogens is 2. The lowest BCUT2D eigenvalue weighted by molar-refractivity contribution is 0.247. The smallest absolute Gasteiger partial charge is 0.276 e. The van der Waals surface area contributed by atoms with E-state index in [0.29, 0.717) is 32.3 Å². The molecule has 3 N–H and O–H groups in total. The molecule has 3 aromatic carbocycles. The number of nitrogens with zero attached hydrogens (tertiary/aromatic N) is 2. The van der Waals surface area contributed by atoms with Crippen molar-refractivity contribution in [1.82, 2.24) is 9.97 Å². The number of halogens is 3. The highest BCUT2D eigenvalue weighted by atomic mass is 35.5. The van der Waals surface area contributed by atoms with Gasteiger partial charge in [-0.15, -0.1) is 0 Å². The zero-order valence-electron chi connectivity index (χ0n) is 15.8. The van der Waals surface area contributed by atoms with Crippen LogP contribution >= 0.6 is 34.8 Å². The molecule has 0 saturated carbocycles. The first-order chi connectivity index (χ1) is 14.9. The van der Waals surface area contributed by atoms with Crippen LogP contribution in [0.5, 0.6) is 0 Å². The molecule has 0 aliphatic carbocycles. The molecule has 0 spiro atoms. The summed E-state index contributed by atoms with van der Waals surface area (Å²) in [5.41, 5.74) is 4.34. The first kappa shape index (κ1) is 21.3. The van der Waals surface area contributed by atoms with Gasteiger partial charge in [0.2, 0.25) is 0 Å². The lowest BCUT2D eigenvalue weighted by Gasteiger charge is -2.15. The Bertz CT molecular complexity index is 1340. The number of aliphatic hydroxyl groups is 1. The van der Waals surface area contributed by atoms with Gasteiger partial charge in [-0.2, -0.15) is 5.10 Å². The Morgan fingerprint density at radius 2 is 1.77 bits per heavy atom. The molecule has 0 unspecified atom stereocenters. The molecule has 0 aliphatic heterocycles. The Balaban J connectivity index is 1.84. The number of hydrogen-bond acceptors (Lipinski definition) is 5. The molecule has 0 radical (unpaired) electrons. The molecule has 6 nitrogen and oxygen atoms in total. The molecule has 0 fully saturated rings. The van der Waals surface area contributed by atoms with Gasteiger partial charge in [0, 0.05) is 5.02 Å². The molecule has 4 aromatic rings. The summed E-state index contributed by atoms with van der Waals surface area (Å²) in [5, 5.41) is 16.5. The topological polar surface area (TPSA) is 90.4 Å². The lowest BCUT2D eigenvalue weighted by atomic mass is 10.0. The number of nitrogens with one attached hydrogen (secondary N) is 2. The lowest BCUT2D eigenvalue weighted by Crippen LogP contribution is -2.26. The van der Waals surface area contributed by atoms with Crippen LogP contribution in [-0.4, -0.2) is 20.8 Å². The average Bonchev–Trinajstić information content (AvgIpc) is 2.76. The van der Waals surface area contributed by atoms with Crippen LogP contribution in [-0.2, 0) is 0 Å².